The Morgan fingerprint density at radius 3 is 2.42 bits per heavy atom. The van der Waals surface area contributed by atoms with E-state index in [4.69, 9.17) is 15.3 Å². The van der Waals surface area contributed by atoms with Crippen molar-refractivity contribution in [2.75, 3.05) is 19.6 Å². The van der Waals surface area contributed by atoms with Crippen molar-refractivity contribution < 1.29 is 9.47 Å². The highest BCUT2D eigenvalue weighted by Gasteiger charge is 2.10. The van der Waals surface area contributed by atoms with Gasteiger partial charge in [-0.2, -0.15) is 0 Å². The Labute approximate surface area is 112 Å². The summed E-state index contributed by atoms with van der Waals surface area (Å²) in [6, 6.07) is 5.87. The Kier molecular flexibility index (Phi) is 4.06. The number of benzene rings is 1. The van der Waals surface area contributed by atoms with Gasteiger partial charge in [-0.05, 0) is 24.1 Å². The van der Waals surface area contributed by atoms with Gasteiger partial charge in [0.1, 0.15) is 5.82 Å². The average molecular weight is 261 g/mol. The number of ether oxygens (including phenoxy) is 2. The minimum atomic E-state index is 0.661. The van der Waals surface area contributed by atoms with Gasteiger partial charge in [0.2, 0.25) is 0 Å². The van der Waals surface area contributed by atoms with Gasteiger partial charge in [-0.15, -0.1) is 0 Å². The normalized spacial score (nSPS) is 10.5. The van der Waals surface area contributed by atoms with Crippen LogP contribution in [0.15, 0.2) is 18.2 Å². The molecule has 2 aromatic rings. The molecule has 0 saturated carbocycles. The van der Waals surface area contributed by atoms with Crippen molar-refractivity contribution in [1.29, 1.82) is 0 Å². The summed E-state index contributed by atoms with van der Waals surface area (Å²) in [6.07, 6.45) is 1.96. The van der Waals surface area contributed by atoms with E-state index in [2.05, 4.69) is 23.4 Å². The minimum Gasteiger partial charge on any atom is -0.493 e. The molecule has 2 rings (SSSR count). The molecule has 1 heterocycles. The predicted molar refractivity (Wildman–Crippen MR) is 76.7 cm³/mol. The molecule has 0 aliphatic heterocycles. The second-order valence-electron chi connectivity index (χ2n) is 4.29. The van der Waals surface area contributed by atoms with Crippen LogP contribution in [0.1, 0.15) is 18.9 Å². The molecule has 0 bridgehead atoms. The molecule has 0 atom stereocenters. The Morgan fingerprint density at radius 1 is 1.16 bits per heavy atom. The van der Waals surface area contributed by atoms with E-state index >= 15 is 0 Å². The zero-order chi connectivity index (χ0) is 13.8. The van der Waals surface area contributed by atoms with Gasteiger partial charge in [0.25, 0.3) is 0 Å². The molecule has 5 nitrogen and oxygen atoms in total. The first-order chi connectivity index (χ1) is 9.23. The van der Waals surface area contributed by atoms with Gasteiger partial charge >= 0.3 is 0 Å². The quantitative estimate of drug-likeness (QED) is 0.639. The summed E-state index contributed by atoms with van der Waals surface area (Å²) < 4.78 is 10.6. The maximum atomic E-state index is 5.53. The van der Waals surface area contributed by atoms with Crippen molar-refractivity contribution in [2.24, 2.45) is 5.84 Å². The van der Waals surface area contributed by atoms with E-state index in [1.54, 1.807) is 14.2 Å². The number of nitrogens with zero attached hydrogens (tertiary/aromatic N) is 1. The topological polar surface area (TPSA) is 69.4 Å². The van der Waals surface area contributed by atoms with Crippen LogP contribution in [-0.4, -0.2) is 19.2 Å². The number of nitrogen functional groups attached to an aromatic ring is 1. The minimum absolute atomic E-state index is 0.661. The number of hydrazine groups is 1. The highest BCUT2D eigenvalue weighted by molar-refractivity contribution is 5.85. The lowest BCUT2D eigenvalue weighted by Crippen LogP contribution is -2.11. The molecular weight excluding hydrogens is 242 g/mol. The number of nitrogens with one attached hydrogen (secondary N) is 1. The standard InChI is InChI=1S/C14H19N3O2/c1-4-5-9-6-10-7-12(18-2)13(19-3)8-11(10)16-14(9)17-15/h6-8H,4-5,15H2,1-3H3,(H,16,17). The van der Waals surface area contributed by atoms with Crippen LogP contribution in [0, 0.1) is 0 Å². The SMILES string of the molecule is CCCc1cc2cc(OC)c(OC)cc2nc1NN. The van der Waals surface area contributed by atoms with Gasteiger partial charge in [0, 0.05) is 11.5 Å². The molecule has 1 aromatic carbocycles. The molecule has 0 amide bonds. The fourth-order valence-electron chi connectivity index (χ4n) is 2.13. The van der Waals surface area contributed by atoms with Crippen LogP contribution in [-0.2, 0) is 6.42 Å². The first-order valence-corrected chi connectivity index (χ1v) is 6.25. The van der Waals surface area contributed by atoms with Gasteiger partial charge in [-0.3, -0.25) is 0 Å². The van der Waals surface area contributed by atoms with Crippen LogP contribution in [0.3, 0.4) is 0 Å². The Balaban J connectivity index is 2.63. The number of pyridine rings is 1. The zero-order valence-corrected chi connectivity index (χ0v) is 11.5. The number of aryl methyl sites for hydroxylation is 1. The van der Waals surface area contributed by atoms with Crippen LogP contribution in [0.4, 0.5) is 5.82 Å². The number of hydrogen-bond acceptors (Lipinski definition) is 5. The van der Waals surface area contributed by atoms with Crippen LogP contribution >= 0.6 is 0 Å². The second kappa shape index (κ2) is 5.75. The number of methoxy groups -OCH3 is 2. The fourth-order valence-corrected chi connectivity index (χ4v) is 2.13. The predicted octanol–water partition coefficient (Wildman–Crippen LogP) is 2.49. The number of rotatable bonds is 5. The van der Waals surface area contributed by atoms with Gasteiger partial charge in [-0.1, -0.05) is 13.3 Å². The number of aromatic nitrogens is 1. The highest BCUT2D eigenvalue weighted by Crippen LogP contribution is 2.33. The molecule has 0 saturated heterocycles. The smallest absolute Gasteiger partial charge is 0.162 e. The fraction of sp³-hybridized carbons (Fsp3) is 0.357. The van der Waals surface area contributed by atoms with E-state index in [1.165, 1.54) is 0 Å². The summed E-state index contributed by atoms with van der Waals surface area (Å²) in [4.78, 5) is 4.52. The monoisotopic (exact) mass is 261 g/mol. The van der Waals surface area contributed by atoms with Gasteiger partial charge in [0.05, 0.1) is 19.7 Å². The summed E-state index contributed by atoms with van der Waals surface area (Å²) >= 11 is 0. The molecule has 0 aliphatic rings. The summed E-state index contributed by atoms with van der Waals surface area (Å²) in [5.41, 5.74) is 4.58. The van der Waals surface area contributed by atoms with Crippen molar-refractivity contribution in [1.82, 2.24) is 4.98 Å². The Morgan fingerprint density at radius 2 is 1.84 bits per heavy atom. The second-order valence-corrected chi connectivity index (χ2v) is 4.29. The Bertz CT molecular complexity index is 584. The molecule has 0 spiro atoms. The summed E-state index contributed by atoms with van der Waals surface area (Å²) in [5, 5.41) is 1.01. The van der Waals surface area contributed by atoms with Gasteiger partial charge < -0.3 is 14.9 Å². The van der Waals surface area contributed by atoms with Crippen LogP contribution in [0.5, 0.6) is 11.5 Å². The van der Waals surface area contributed by atoms with Crippen LogP contribution in [0.2, 0.25) is 0 Å². The first-order valence-electron chi connectivity index (χ1n) is 6.25. The number of anilines is 1. The third kappa shape index (κ3) is 2.56. The lowest BCUT2D eigenvalue weighted by Gasteiger charge is -2.12. The third-order valence-corrected chi connectivity index (χ3v) is 3.06. The van der Waals surface area contributed by atoms with Crippen molar-refractivity contribution in [2.45, 2.75) is 19.8 Å². The summed E-state index contributed by atoms with van der Waals surface area (Å²) in [5.74, 6) is 7.60. The van der Waals surface area contributed by atoms with E-state index in [1.807, 2.05) is 12.1 Å². The lowest BCUT2D eigenvalue weighted by molar-refractivity contribution is 0.356. The summed E-state index contributed by atoms with van der Waals surface area (Å²) in [7, 11) is 3.23. The van der Waals surface area contributed by atoms with E-state index in [-0.39, 0.29) is 0 Å². The van der Waals surface area contributed by atoms with Crippen molar-refractivity contribution in [3.05, 3.63) is 23.8 Å². The number of nitrogens with two attached hydrogens (primary N) is 1. The van der Waals surface area contributed by atoms with E-state index in [9.17, 15) is 0 Å². The van der Waals surface area contributed by atoms with E-state index in [0.717, 1.165) is 29.3 Å². The lowest BCUT2D eigenvalue weighted by atomic mass is 10.1. The van der Waals surface area contributed by atoms with Crippen molar-refractivity contribution in [3.8, 4) is 11.5 Å². The van der Waals surface area contributed by atoms with Gasteiger partial charge in [0.15, 0.2) is 11.5 Å². The van der Waals surface area contributed by atoms with E-state index < -0.39 is 0 Å². The zero-order valence-electron chi connectivity index (χ0n) is 11.5. The van der Waals surface area contributed by atoms with Crippen LogP contribution in [0.25, 0.3) is 10.9 Å². The highest BCUT2D eigenvalue weighted by atomic mass is 16.5. The maximum absolute atomic E-state index is 5.53. The molecule has 19 heavy (non-hydrogen) atoms. The van der Waals surface area contributed by atoms with Crippen molar-refractivity contribution >= 4 is 16.7 Å². The maximum Gasteiger partial charge on any atom is 0.162 e. The molecule has 0 aliphatic carbocycles. The van der Waals surface area contributed by atoms with Crippen molar-refractivity contribution in [3.63, 3.8) is 0 Å². The molecule has 0 fully saturated rings. The summed E-state index contributed by atoms with van der Waals surface area (Å²) in [6.45, 7) is 2.12. The first kappa shape index (κ1) is 13.4. The molecule has 1 aromatic heterocycles. The number of fused-ring (bicyclic) bond motifs is 1. The van der Waals surface area contributed by atoms with Gasteiger partial charge in [-0.25, -0.2) is 10.8 Å². The molecular formula is C14H19N3O2. The van der Waals surface area contributed by atoms with Crippen LogP contribution < -0.4 is 20.7 Å². The molecule has 5 heteroatoms. The Hall–Kier alpha value is -2.01. The van der Waals surface area contributed by atoms with E-state index in [0.29, 0.717) is 17.3 Å². The molecule has 0 radical (unpaired) electrons. The third-order valence-electron chi connectivity index (χ3n) is 3.06. The average Bonchev–Trinajstić information content (AvgIpc) is 2.45. The molecule has 102 valence electrons. The molecule has 3 N–H and O–H groups in total. The molecule has 0 unspecified atom stereocenters. The number of hydrogen-bond donors (Lipinski definition) is 2. The largest absolute Gasteiger partial charge is 0.493 e.